The molecule has 2 unspecified atom stereocenters. The van der Waals surface area contributed by atoms with E-state index in [0.717, 1.165) is 38.5 Å². The molecule has 0 radical (unpaired) electrons. The van der Waals surface area contributed by atoms with Gasteiger partial charge in [0.15, 0.2) is 0 Å². The van der Waals surface area contributed by atoms with Crippen LogP contribution in [0, 0.1) is 5.92 Å². The highest BCUT2D eigenvalue weighted by Crippen LogP contribution is 2.18. The Hall–Kier alpha value is -1.06. The van der Waals surface area contributed by atoms with Crippen LogP contribution in [0.15, 0.2) is 0 Å². The molecule has 0 saturated carbocycles. The lowest BCUT2D eigenvalue weighted by molar-refractivity contribution is -0.149. The fourth-order valence-electron chi connectivity index (χ4n) is 4.21. The molecule has 0 aromatic heterocycles. The van der Waals surface area contributed by atoms with Gasteiger partial charge in [-0.15, -0.1) is 0 Å². The van der Waals surface area contributed by atoms with Crippen molar-refractivity contribution in [2.24, 2.45) is 5.92 Å². The first-order valence-corrected chi connectivity index (χ1v) is 14.4. The predicted molar refractivity (Wildman–Crippen MR) is 139 cm³/mol. The van der Waals surface area contributed by atoms with Gasteiger partial charge in [-0.3, -0.25) is 9.59 Å². The Bertz CT molecular complexity index is 449. The summed E-state index contributed by atoms with van der Waals surface area (Å²) in [4.78, 5) is 23.6. The van der Waals surface area contributed by atoms with Gasteiger partial charge in [0.2, 0.25) is 0 Å². The molecule has 4 heteroatoms. The summed E-state index contributed by atoms with van der Waals surface area (Å²) in [6, 6.07) is 0. The third-order valence-electron chi connectivity index (χ3n) is 6.65. The third kappa shape index (κ3) is 21.2. The minimum absolute atomic E-state index is 0.0158. The molecule has 196 valence electrons. The second-order valence-corrected chi connectivity index (χ2v) is 9.78. The first-order chi connectivity index (χ1) is 16.1. The number of unbranched alkanes of at least 4 members (excludes halogenated alkanes) is 11. The highest BCUT2D eigenvalue weighted by Gasteiger charge is 2.13. The molecular weight excluding hydrogens is 412 g/mol. The van der Waals surface area contributed by atoms with Gasteiger partial charge in [-0.2, -0.15) is 0 Å². The largest absolute Gasteiger partial charge is 0.465 e. The molecule has 0 spiro atoms. The molecule has 0 aliphatic rings. The summed E-state index contributed by atoms with van der Waals surface area (Å²) in [5, 5.41) is 0. The van der Waals surface area contributed by atoms with E-state index in [-0.39, 0.29) is 18.0 Å². The fraction of sp³-hybridized carbons (Fsp3) is 0.931. The van der Waals surface area contributed by atoms with E-state index in [2.05, 4.69) is 20.8 Å². The van der Waals surface area contributed by atoms with Crippen molar-refractivity contribution in [2.75, 3.05) is 6.61 Å². The number of esters is 2. The van der Waals surface area contributed by atoms with Crippen LogP contribution in [0.5, 0.6) is 0 Å². The number of hydrogen-bond donors (Lipinski definition) is 0. The van der Waals surface area contributed by atoms with Gasteiger partial charge in [0.05, 0.1) is 6.61 Å². The molecule has 0 bridgehead atoms. The van der Waals surface area contributed by atoms with Gasteiger partial charge in [0.25, 0.3) is 0 Å². The van der Waals surface area contributed by atoms with Crippen molar-refractivity contribution in [3.8, 4) is 0 Å². The fourth-order valence-corrected chi connectivity index (χ4v) is 4.21. The zero-order valence-electron chi connectivity index (χ0n) is 22.6. The summed E-state index contributed by atoms with van der Waals surface area (Å²) in [6.45, 7) is 9.09. The number of hydrogen-bond acceptors (Lipinski definition) is 4. The highest BCUT2D eigenvalue weighted by atomic mass is 16.5. The first kappa shape index (κ1) is 31.9. The molecule has 0 amide bonds. The Morgan fingerprint density at radius 2 is 1.15 bits per heavy atom. The lowest BCUT2D eigenvalue weighted by atomic mass is 10.0. The average Bonchev–Trinajstić information content (AvgIpc) is 2.82. The second-order valence-electron chi connectivity index (χ2n) is 9.78. The third-order valence-corrected chi connectivity index (χ3v) is 6.65. The summed E-state index contributed by atoms with van der Waals surface area (Å²) in [7, 11) is 0. The molecule has 0 N–H and O–H groups in total. The van der Waals surface area contributed by atoms with E-state index < -0.39 is 0 Å². The Balaban J connectivity index is 3.68. The second kappa shape index (κ2) is 24.1. The maximum absolute atomic E-state index is 11.9. The Labute approximate surface area is 206 Å². The van der Waals surface area contributed by atoms with Crippen molar-refractivity contribution in [3.05, 3.63) is 0 Å². The Morgan fingerprint density at radius 1 is 0.606 bits per heavy atom. The van der Waals surface area contributed by atoms with Crippen molar-refractivity contribution in [1.29, 1.82) is 0 Å². The van der Waals surface area contributed by atoms with Crippen LogP contribution in [-0.4, -0.2) is 24.6 Å². The molecule has 0 saturated heterocycles. The molecule has 0 fully saturated rings. The van der Waals surface area contributed by atoms with Crippen LogP contribution < -0.4 is 0 Å². The van der Waals surface area contributed by atoms with Crippen LogP contribution >= 0.6 is 0 Å². The van der Waals surface area contributed by atoms with Crippen LogP contribution in [0.2, 0.25) is 0 Å². The Morgan fingerprint density at radius 3 is 1.70 bits per heavy atom. The number of ether oxygens (including phenoxy) is 2. The average molecular weight is 469 g/mol. The lowest BCUT2D eigenvalue weighted by Crippen LogP contribution is -2.17. The number of carbonyl (C=O) groups is 2. The number of carbonyl (C=O) groups excluding carboxylic acids is 2. The first-order valence-electron chi connectivity index (χ1n) is 14.4. The maximum atomic E-state index is 11.9. The summed E-state index contributed by atoms with van der Waals surface area (Å²) in [5.74, 6) is 0.461. The van der Waals surface area contributed by atoms with Gasteiger partial charge in [0.1, 0.15) is 6.10 Å². The van der Waals surface area contributed by atoms with Gasteiger partial charge in [0, 0.05) is 12.8 Å². The SMILES string of the molecule is CCCCCCC(CCCCCCCCCCC(=O)OCC(CC)CCCC)OC(=O)CC. The molecule has 0 heterocycles. The Kier molecular flexibility index (Phi) is 23.3. The maximum Gasteiger partial charge on any atom is 0.305 e. The van der Waals surface area contributed by atoms with E-state index in [9.17, 15) is 9.59 Å². The van der Waals surface area contributed by atoms with Crippen LogP contribution in [0.1, 0.15) is 156 Å². The topological polar surface area (TPSA) is 52.6 Å². The van der Waals surface area contributed by atoms with E-state index >= 15 is 0 Å². The van der Waals surface area contributed by atoms with Crippen molar-refractivity contribution in [1.82, 2.24) is 0 Å². The molecule has 2 atom stereocenters. The molecule has 0 aliphatic heterocycles. The summed E-state index contributed by atoms with van der Waals surface area (Å²) >= 11 is 0. The molecule has 0 aromatic carbocycles. The van der Waals surface area contributed by atoms with Crippen LogP contribution in [0.4, 0.5) is 0 Å². The van der Waals surface area contributed by atoms with Gasteiger partial charge in [-0.05, 0) is 44.4 Å². The van der Waals surface area contributed by atoms with Crippen molar-refractivity contribution >= 4 is 11.9 Å². The number of rotatable bonds is 24. The minimum atomic E-state index is -0.0546. The quantitative estimate of drug-likeness (QED) is 0.105. The summed E-state index contributed by atoms with van der Waals surface area (Å²) < 4.78 is 11.1. The van der Waals surface area contributed by atoms with E-state index in [1.165, 1.54) is 77.0 Å². The van der Waals surface area contributed by atoms with Gasteiger partial charge in [-0.1, -0.05) is 105 Å². The van der Waals surface area contributed by atoms with E-state index in [0.29, 0.717) is 25.4 Å². The standard InChI is InChI=1S/C29H56O4/c1-5-9-11-18-22-27(33-28(30)8-4)23-19-16-14-12-13-15-17-20-24-29(31)32-25-26(7-3)21-10-6-2/h26-27H,5-25H2,1-4H3. The molecule has 0 aromatic rings. The molecule has 33 heavy (non-hydrogen) atoms. The minimum Gasteiger partial charge on any atom is -0.465 e. The van der Waals surface area contributed by atoms with Gasteiger partial charge >= 0.3 is 11.9 Å². The van der Waals surface area contributed by atoms with Crippen LogP contribution in [-0.2, 0) is 19.1 Å². The molecule has 0 aliphatic carbocycles. The predicted octanol–water partition coefficient (Wildman–Crippen LogP) is 8.94. The molecule has 4 nitrogen and oxygen atoms in total. The molecule has 0 rings (SSSR count). The zero-order chi connectivity index (χ0) is 24.6. The normalized spacial score (nSPS) is 13.0. The van der Waals surface area contributed by atoms with E-state index in [1.54, 1.807) is 0 Å². The molecular formula is C29H56O4. The van der Waals surface area contributed by atoms with E-state index in [4.69, 9.17) is 9.47 Å². The van der Waals surface area contributed by atoms with Gasteiger partial charge < -0.3 is 9.47 Å². The summed E-state index contributed by atoms with van der Waals surface area (Å²) in [5.41, 5.74) is 0. The lowest BCUT2D eigenvalue weighted by Gasteiger charge is -2.17. The van der Waals surface area contributed by atoms with Crippen molar-refractivity contribution in [3.63, 3.8) is 0 Å². The monoisotopic (exact) mass is 468 g/mol. The highest BCUT2D eigenvalue weighted by molar-refractivity contribution is 5.69. The van der Waals surface area contributed by atoms with E-state index in [1.807, 2.05) is 6.92 Å². The van der Waals surface area contributed by atoms with Gasteiger partial charge in [-0.25, -0.2) is 0 Å². The van der Waals surface area contributed by atoms with Crippen LogP contribution in [0.25, 0.3) is 0 Å². The van der Waals surface area contributed by atoms with Crippen LogP contribution in [0.3, 0.4) is 0 Å². The summed E-state index contributed by atoms with van der Waals surface area (Å²) in [6.07, 6.45) is 22.2. The smallest absolute Gasteiger partial charge is 0.305 e. The van der Waals surface area contributed by atoms with Crippen molar-refractivity contribution < 1.29 is 19.1 Å². The zero-order valence-corrected chi connectivity index (χ0v) is 22.6. The van der Waals surface area contributed by atoms with Crippen molar-refractivity contribution in [2.45, 2.75) is 162 Å².